The van der Waals surface area contributed by atoms with E-state index in [1.807, 2.05) is 0 Å². The Balaban J connectivity index is 2.19. The van der Waals surface area contributed by atoms with Gasteiger partial charge in [-0.05, 0) is 50.3 Å². The first-order valence-corrected chi connectivity index (χ1v) is 8.90. The highest BCUT2D eigenvalue weighted by atomic mass is 32.2. The second kappa shape index (κ2) is 5.77. The van der Waals surface area contributed by atoms with Crippen molar-refractivity contribution < 1.29 is 9.53 Å². The molecule has 0 amide bonds. The number of aryl methyl sites for hydroxylation is 3. The highest BCUT2D eigenvalue weighted by Crippen LogP contribution is 2.55. The van der Waals surface area contributed by atoms with Gasteiger partial charge in [0, 0.05) is 0 Å². The number of thioether (sulfide) groups is 1. The van der Waals surface area contributed by atoms with Crippen LogP contribution in [-0.2, 0) is 9.53 Å². The molecular weight excluding hydrogens is 292 g/mol. The normalized spacial score (nSPS) is 20.8. The number of rotatable bonds is 2. The zero-order valence-corrected chi connectivity index (χ0v) is 14.7. The Morgan fingerprint density at radius 3 is 2.18 bits per heavy atom. The van der Waals surface area contributed by atoms with Crippen molar-refractivity contribution in [2.45, 2.75) is 57.6 Å². The summed E-state index contributed by atoms with van der Waals surface area (Å²) in [4.78, 5) is 12.8. The van der Waals surface area contributed by atoms with Crippen LogP contribution in [0, 0.1) is 20.8 Å². The van der Waals surface area contributed by atoms with Crippen molar-refractivity contribution in [1.29, 1.82) is 0 Å². The first-order valence-electron chi connectivity index (χ1n) is 8.09. The van der Waals surface area contributed by atoms with Crippen molar-refractivity contribution in [2.75, 3.05) is 7.11 Å². The smallest absolute Gasteiger partial charge is 0.224 e. The predicted octanol–water partition coefficient (Wildman–Crippen LogP) is 4.95. The van der Waals surface area contributed by atoms with E-state index in [0.717, 1.165) is 29.7 Å². The molecule has 1 aliphatic heterocycles. The summed E-state index contributed by atoms with van der Waals surface area (Å²) in [7, 11) is 1.73. The van der Waals surface area contributed by atoms with E-state index in [0.29, 0.717) is 0 Å². The summed E-state index contributed by atoms with van der Waals surface area (Å²) in [5.74, 6) is 0.928. The number of benzene rings is 1. The van der Waals surface area contributed by atoms with Gasteiger partial charge in [-0.25, -0.2) is 0 Å². The van der Waals surface area contributed by atoms with Crippen LogP contribution in [-0.4, -0.2) is 17.0 Å². The van der Waals surface area contributed by atoms with Gasteiger partial charge in [-0.15, -0.1) is 0 Å². The lowest BCUT2D eigenvalue weighted by molar-refractivity contribution is -0.106. The fourth-order valence-electron chi connectivity index (χ4n) is 4.13. The number of methoxy groups -OCH3 is 1. The zero-order chi connectivity index (χ0) is 15.9. The molecule has 0 bridgehead atoms. The second-order valence-electron chi connectivity index (χ2n) is 6.63. The van der Waals surface area contributed by atoms with Gasteiger partial charge in [-0.3, -0.25) is 4.79 Å². The molecule has 1 saturated carbocycles. The standard InChI is InChI=1S/C19H24O2S/c1-12-10-13(2)15(14(3)11-12)16-17(21-4)19(22-18(16)20)8-6-5-7-9-19/h10-11H,5-9H2,1-4H3. The van der Waals surface area contributed by atoms with E-state index in [1.165, 1.54) is 47.7 Å². The highest BCUT2D eigenvalue weighted by Gasteiger charge is 2.49. The lowest BCUT2D eigenvalue weighted by Gasteiger charge is -2.33. The molecule has 0 saturated heterocycles. The lowest BCUT2D eigenvalue weighted by atomic mass is 9.83. The van der Waals surface area contributed by atoms with Crippen LogP contribution in [0.25, 0.3) is 5.57 Å². The molecule has 0 atom stereocenters. The maximum atomic E-state index is 12.8. The van der Waals surface area contributed by atoms with Crippen LogP contribution in [0.1, 0.15) is 54.4 Å². The Bertz CT molecular complexity index is 628. The molecule has 1 aromatic carbocycles. The summed E-state index contributed by atoms with van der Waals surface area (Å²) in [6.45, 7) is 6.29. The van der Waals surface area contributed by atoms with Crippen molar-refractivity contribution in [3.8, 4) is 0 Å². The molecule has 2 nitrogen and oxygen atoms in total. The SMILES string of the molecule is COC1=C(c2c(C)cc(C)cc2C)C(=O)SC12CCCCC2. The third-order valence-corrected chi connectivity index (χ3v) is 6.30. The largest absolute Gasteiger partial charge is 0.499 e. The molecule has 2 aliphatic rings. The van der Waals surface area contributed by atoms with Crippen LogP contribution in [0.15, 0.2) is 17.9 Å². The minimum atomic E-state index is -0.108. The molecule has 3 rings (SSSR count). The minimum Gasteiger partial charge on any atom is -0.499 e. The van der Waals surface area contributed by atoms with E-state index in [1.54, 1.807) is 7.11 Å². The number of hydrogen-bond acceptors (Lipinski definition) is 3. The fourth-order valence-corrected chi connectivity index (χ4v) is 5.55. The van der Waals surface area contributed by atoms with Gasteiger partial charge in [0.25, 0.3) is 0 Å². The predicted molar refractivity (Wildman–Crippen MR) is 93.0 cm³/mol. The third-order valence-electron chi connectivity index (χ3n) is 4.93. The van der Waals surface area contributed by atoms with Crippen LogP contribution in [0.2, 0.25) is 0 Å². The van der Waals surface area contributed by atoms with E-state index in [4.69, 9.17) is 4.74 Å². The molecule has 0 N–H and O–H groups in total. The molecule has 22 heavy (non-hydrogen) atoms. The van der Waals surface area contributed by atoms with Gasteiger partial charge >= 0.3 is 0 Å². The molecule has 1 heterocycles. The molecule has 1 spiro atoms. The molecule has 1 fully saturated rings. The van der Waals surface area contributed by atoms with Crippen LogP contribution >= 0.6 is 11.8 Å². The summed E-state index contributed by atoms with van der Waals surface area (Å²) in [6, 6.07) is 4.32. The molecule has 0 aromatic heterocycles. The van der Waals surface area contributed by atoms with Crippen LogP contribution in [0.4, 0.5) is 0 Å². The summed E-state index contributed by atoms with van der Waals surface area (Å²) in [6.07, 6.45) is 5.75. The Hall–Kier alpha value is -1.22. The number of ether oxygens (including phenoxy) is 1. The summed E-state index contributed by atoms with van der Waals surface area (Å²) in [5.41, 5.74) is 5.49. The number of hydrogen-bond donors (Lipinski definition) is 0. The van der Waals surface area contributed by atoms with Gasteiger partial charge in [0.05, 0.1) is 17.4 Å². The average molecular weight is 316 g/mol. The van der Waals surface area contributed by atoms with Crippen LogP contribution < -0.4 is 0 Å². The zero-order valence-electron chi connectivity index (χ0n) is 13.9. The molecule has 0 radical (unpaired) electrons. The lowest BCUT2D eigenvalue weighted by Crippen LogP contribution is -2.29. The van der Waals surface area contributed by atoms with E-state index < -0.39 is 0 Å². The Labute approximate surface area is 137 Å². The molecule has 1 aliphatic carbocycles. The topological polar surface area (TPSA) is 26.3 Å². The quantitative estimate of drug-likeness (QED) is 0.772. The van der Waals surface area contributed by atoms with Crippen molar-refractivity contribution >= 4 is 22.5 Å². The van der Waals surface area contributed by atoms with Gasteiger partial charge in [0.15, 0.2) is 0 Å². The van der Waals surface area contributed by atoms with Crippen molar-refractivity contribution in [2.24, 2.45) is 0 Å². The van der Waals surface area contributed by atoms with Crippen molar-refractivity contribution in [1.82, 2.24) is 0 Å². The van der Waals surface area contributed by atoms with Gasteiger partial charge in [-0.1, -0.05) is 48.7 Å². The monoisotopic (exact) mass is 316 g/mol. The summed E-state index contributed by atoms with van der Waals surface area (Å²) < 4.78 is 5.71. The number of carbonyl (C=O) groups is 1. The molecule has 1 aromatic rings. The van der Waals surface area contributed by atoms with E-state index in [-0.39, 0.29) is 9.86 Å². The van der Waals surface area contributed by atoms with Crippen LogP contribution in [0.3, 0.4) is 0 Å². The van der Waals surface area contributed by atoms with E-state index in [9.17, 15) is 4.79 Å². The van der Waals surface area contributed by atoms with Gasteiger partial charge < -0.3 is 4.74 Å². The minimum absolute atomic E-state index is 0.108. The van der Waals surface area contributed by atoms with Crippen molar-refractivity contribution in [3.05, 3.63) is 40.1 Å². The Morgan fingerprint density at radius 2 is 1.64 bits per heavy atom. The molecule has 3 heteroatoms. The summed E-state index contributed by atoms with van der Waals surface area (Å²) >= 11 is 1.51. The van der Waals surface area contributed by atoms with E-state index in [2.05, 4.69) is 32.9 Å². The highest BCUT2D eigenvalue weighted by molar-refractivity contribution is 8.16. The van der Waals surface area contributed by atoms with Crippen LogP contribution in [0.5, 0.6) is 0 Å². The maximum absolute atomic E-state index is 12.8. The third kappa shape index (κ3) is 2.40. The second-order valence-corrected chi connectivity index (χ2v) is 7.98. The Morgan fingerprint density at radius 1 is 1.05 bits per heavy atom. The van der Waals surface area contributed by atoms with E-state index >= 15 is 0 Å². The van der Waals surface area contributed by atoms with Gasteiger partial charge in [-0.2, -0.15) is 0 Å². The van der Waals surface area contributed by atoms with Gasteiger partial charge in [0.1, 0.15) is 5.76 Å². The number of carbonyl (C=O) groups excluding carboxylic acids is 1. The molecular formula is C19H24O2S. The molecule has 0 unspecified atom stereocenters. The van der Waals surface area contributed by atoms with Gasteiger partial charge in [0.2, 0.25) is 5.12 Å². The first kappa shape index (κ1) is 15.7. The average Bonchev–Trinajstić information content (AvgIpc) is 2.70. The fraction of sp³-hybridized carbons (Fsp3) is 0.526. The maximum Gasteiger partial charge on any atom is 0.224 e. The summed E-state index contributed by atoms with van der Waals surface area (Å²) in [5, 5.41) is 0.189. The van der Waals surface area contributed by atoms with Crippen molar-refractivity contribution in [3.63, 3.8) is 0 Å². The molecule has 118 valence electrons. The first-order chi connectivity index (χ1) is 10.5. The Kier molecular flexibility index (Phi) is 4.11.